The fourth-order valence-corrected chi connectivity index (χ4v) is 4.94. The Kier molecular flexibility index (Phi) is 8.50. The maximum atomic E-state index is 13.5. The number of carbonyl (C=O) groups excluding carboxylic acids is 3. The van der Waals surface area contributed by atoms with E-state index in [1.54, 1.807) is 57.4 Å². The first-order valence-corrected chi connectivity index (χ1v) is 13.5. The van der Waals surface area contributed by atoms with Gasteiger partial charge in [0.15, 0.2) is 5.78 Å². The normalized spacial score (nSPS) is 23.6. The Morgan fingerprint density at radius 2 is 1.93 bits per heavy atom. The van der Waals surface area contributed by atoms with E-state index < -0.39 is 41.8 Å². The number of carbonyl (C=O) groups is 3. The number of alkyl halides is 2. The number of hydrogen-bond donors (Lipinski definition) is 4. The van der Waals surface area contributed by atoms with Crippen molar-refractivity contribution in [2.45, 2.75) is 38.4 Å². The number of anilines is 1. The summed E-state index contributed by atoms with van der Waals surface area (Å²) in [6.07, 6.45) is 4.66. The predicted molar refractivity (Wildman–Crippen MR) is 150 cm³/mol. The highest BCUT2D eigenvalue weighted by Gasteiger charge is 2.71. The van der Waals surface area contributed by atoms with E-state index in [0.717, 1.165) is 0 Å². The Balaban J connectivity index is 1.36. The smallest absolute Gasteiger partial charge is 0.273 e. The van der Waals surface area contributed by atoms with Gasteiger partial charge in [0.2, 0.25) is 5.91 Å². The minimum atomic E-state index is -2.55. The average molecular weight is 574 g/mol. The number of amidine groups is 1. The molecule has 4 rings (SSSR count). The molecule has 1 saturated heterocycles. The molecule has 0 bridgehead atoms. The lowest BCUT2D eigenvalue weighted by molar-refractivity contribution is -0.131. The minimum Gasteiger partial charge on any atom is -0.384 e. The zero-order chi connectivity index (χ0) is 30.1. The summed E-state index contributed by atoms with van der Waals surface area (Å²) in [5.74, 6) is -3.54. The molecule has 222 valence electrons. The van der Waals surface area contributed by atoms with Crippen molar-refractivity contribution in [1.82, 2.24) is 30.7 Å². The van der Waals surface area contributed by atoms with Crippen LogP contribution in [0, 0.1) is 11.8 Å². The molecule has 0 aromatic carbocycles. The Bertz CT molecular complexity index is 1270. The summed E-state index contributed by atoms with van der Waals surface area (Å²) >= 11 is 0. The van der Waals surface area contributed by atoms with Crippen molar-refractivity contribution in [3.63, 3.8) is 0 Å². The quantitative estimate of drug-likeness (QED) is 0.272. The van der Waals surface area contributed by atoms with Crippen LogP contribution >= 0.6 is 0 Å². The number of pyridine rings is 1. The molecule has 0 radical (unpaired) electrons. The first kappa shape index (κ1) is 29.7. The van der Waals surface area contributed by atoms with Crippen LogP contribution in [0.25, 0.3) is 0 Å². The van der Waals surface area contributed by atoms with Crippen LogP contribution in [0.4, 0.5) is 14.6 Å². The molecular weight excluding hydrogens is 536 g/mol. The average Bonchev–Trinajstić information content (AvgIpc) is 3.27. The number of rotatable bonds is 11. The van der Waals surface area contributed by atoms with Gasteiger partial charge < -0.3 is 36.4 Å². The summed E-state index contributed by atoms with van der Waals surface area (Å²) in [5, 5.41) is 8.49. The first-order chi connectivity index (χ1) is 19.4. The molecule has 2 amide bonds. The van der Waals surface area contributed by atoms with Gasteiger partial charge in [0.05, 0.1) is 18.4 Å². The largest absolute Gasteiger partial charge is 0.384 e. The number of fused-ring (bicyclic) bond motifs is 1. The number of likely N-dealkylation sites (N-methyl/N-ethyl adjacent to an activating group) is 2. The number of aromatic nitrogens is 1. The van der Waals surface area contributed by atoms with Gasteiger partial charge in [-0.15, -0.1) is 0 Å². The van der Waals surface area contributed by atoms with Crippen LogP contribution in [-0.4, -0.2) is 97.1 Å². The van der Waals surface area contributed by atoms with Crippen LogP contribution in [-0.2, 0) is 14.4 Å². The number of Topliss-reactive ketones (excluding diaryl/α,β-unsaturated/α-hetero) is 1. The third-order valence-corrected chi connectivity index (χ3v) is 7.70. The zero-order valence-corrected chi connectivity index (χ0v) is 23.8. The zero-order valence-electron chi connectivity index (χ0n) is 23.8. The molecule has 1 aliphatic carbocycles. The van der Waals surface area contributed by atoms with Gasteiger partial charge in [0.1, 0.15) is 35.4 Å². The van der Waals surface area contributed by atoms with E-state index in [1.165, 1.54) is 11.9 Å². The highest BCUT2D eigenvalue weighted by atomic mass is 19.3. The number of hydrogen-bond acceptors (Lipinski definition) is 10. The number of aliphatic imine (C=N–C) groups is 1. The molecule has 3 aliphatic rings. The molecule has 1 aromatic heterocycles. The summed E-state index contributed by atoms with van der Waals surface area (Å²) < 4.78 is 27.1. The molecule has 2 fully saturated rings. The predicted octanol–water partition coefficient (Wildman–Crippen LogP) is 0.194. The monoisotopic (exact) mass is 573 g/mol. The molecule has 5 N–H and O–H groups in total. The standard InChI is InChI=1S/C27H37F2N9O3/c1-6-17(39)12-36(4)26(41)22(23(30)31-3)34-15(2)25(40)35-21-9-10-32-24(37(21)5)16-7-8-20(33-11-16)38-13-18-19(14-38)27(18,28)29/h7-11,15,18-19,21,31,34H,6,12-14,30H2,1-5H3,(H,35,40)/b23-22+/t15-,18?,19?,21?/m0/s1. The molecule has 4 atom stereocenters. The lowest BCUT2D eigenvalue weighted by atomic mass is 10.2. The third kappa shape index (κ3) is 6.10. The molecule has 14 heteroatoms. The number of piperidine rings is 1. The van der Waals surface area contributed by atoms with Gasteiger partial charge >= 0.3 is 0 Å². The van der Waals surface area contributed by atoms with Crippen molar-refractivity contribution >= 4 is 29.3 Å². The van der Waals surface area contributed by atoms with Gasteiger partial charge in [-0.05, 0) is 25.1 Å². The molecular formula is C27H37F2N9O3. The summed E-state index contributed by atoms with van der Waals surface area (Å²) in [5.41, 5.74) is 6.66. The SMILES string of the molecule is CCC(=O)CN(C)C(=O)/C(N[C@@H](C)C(=O)NC1C=CN=C(c2ccc(N3CC4C(C3)C4(F)F)nc2)N1C)=C(/N)NC. The van der Waals surface area contributed by atoms with Crippen molar-refractivity contribution in [1.29, 1.82) is 0 Å². The Labute approximate surface area is 237 Å². The minimum absolute atomic E-state index is 0.0264. The Morgan fingerprint density at radius 3 is 2.51 bits per heavy atom. The topological polar surface area (TPSA) is 148 Å². The highest BCUT2D eigenvalue weighted by Crippen LogP contribution is 2.59. The lowest BCUT2D eigenvalue weighted by Gasteiger charge is -2.32. The van der Waals surface area contributed by atoms with Crippen LogP contribution in [0.2, 0.25) is 0 Å². The van der Waals surface area contributed by atoms with Gasteiger partial charge in [-0.1, -0.05) is 6.92 Å². The highest BCUT2D eigenvalue weighted by molar-refractivity contribution is 6.00. The van der Waals surface area contributed by atoms with E-state index >= 15 is 0 Å². The van der Waals surface area contributed by atoms with Crippen molar-refractivity contribution in [3.05, 3.63) is 47.7 Å². The van der Waals surface area contributed by atoms with Crippen LogP contribution < -0.4 is 26.6 Å². The lowest BCUT2D eigenvalue weighted by Crippen LogP contribution is -2.54. The summed E-state index contributed by atoms with van der Waals surface area (Å²) in [6.45, 7) is 3.81. The van der Waals surface area contributed by atoms with E-state index in [2.05, 4.69) is 25.9 Å². The maximum Gasteiger partial charge on any atom is 0.273 e. The fraction of sp³-hybridized carbons (Fsp3) is 0.519. The number of ketones is 1. The molecule has 2 aliphatic heterocycles. The van der Waals surface area contributed by atoms with Crippen molar-refractivity contribution < 1.29 is 23.2 Å². The number of nitrogens with zero attached hydrogens (tertiary/aromatic N) is 5. The summed E-state index contributed by atoms with van der Waals surface area (Å²) in [6, 6.07) is 2.75. The molecule has 0 spiro atoms. The van der Waals surface area contributed by atoms with E-state index in [0.29, 0.717) is 36.7 Å². The molecule has 41 heavy (non-hydrogen) atoms. The van der Waals surface area contributed by atoms with Crippen molar-refractivity contribution in [3.8, 4) is 0 Å². The third-order valence-electron chi connectivity index (χ3n) is 7.70. The van der Waals surface area contributed by atoms with E-state index in [1.807, 2.05) is 11.0 Å². The number of amides is 2. The second-order valence-electron chi connectivity index (χ2n) is 10.5. The second-order valence-corrected chi connectivity index (χ2v) is 10.5. The number of halogens is 2. The van der Waals surface area contributed by atoms with Gasteiger partial charge in [-0.3, -0.25) is 14.4 Å². The Morgan fingerprint density at radius 1 is 1.24 bits per heavy atom. The van der Waals surface area contributed by atoms with Crippen LogP contribution in [0.5, 0.6) is 0 Å². The first-order valence-electron chi connectivity index (χ1n) is 13.5. The Hall–Kier alpha value is -4.23. The second kappa shape index (κ2) is 11.7. The van der Waals surface area contributed by atoms with E-state index in [9.17, 15) is 23.2 Å². The van der Waals surface area contributed by atoms with Crippen molar-refractivity contribution in [2.24, 2.45) is 22.6 Å². The summed E-state index contributed by atoms with van der Waals surface area (Å²) in [4.78, 5) is 51.7. The number of nitrogens with one attached hydrogen (secondary N) is 3. The molecule has 1 saturated carbocycles. The molecule has 1 aromatic rings. The van der Waals surface area contributed by atoms with E-state index in [4.69, 9.17) is 5.73 Å². The fourth-order valence-electron chi connectivity index (χ4n) is 4.94. The van der Waals surface area contributed by atoms with Crippen LogP contribution in [0.1, 0.15) is 25.8 Å². The maximum absolute atomic E-state index is 13.5. The van der Waals surface area contributed by atoms with E-state index in [-0.39, 0.29) is 23.8 Å². The van der Waals surface area contributed by atoms with Gasteiger partial charge in [-0.25, -0.2) is 18.8 Å². The molecule has 3 heterocycles. The van der Waals surface area contributed by atoms with Gasteiger partial charge in [0.25, 0.3) is 11.8 Å². The summed E-state index contributed by atoms with van der Waals surface area (Å²) in [7, 11) is 4.80. The molecule has 3 unspecified atom stereocenters. The van der Waals surface area contributed by atoms with Gasteiger partial charge in [0, 0.05) is 58.6 Å². The van der Waals surface area contributed by atoms with Crippen LogP contribution in [0.15, 0.2) is 47.1 Å². The number of nitrogens with two attached hydrogens (primary N) is 1. The van der Waals surface area contributed by atoms with Gasteiger partial charge in [-0.2, -0.15) is 0 Å². The van der Waals surface area contributed by atoms with Crippen LogP contribution in [0.3, 0.4) is 0 Å². The van der Waals surface area contributed by atoms with Crippen molar-refractivity contribution in [2.75, 3.05) is 45.7 Å². The molecule has 12 nitrogen and oxygen atoms in total.